The van der Waals surface area contributed by atoms with Gasteiger partial charge in [0.25, 0.3) is 0 Å². The molecule has 0 bridgehead atoms. The van der Waals surface area contributed by atoms with E-state index in [1.54, 1.807) is 0 Å². The predicted molar refractivity (Wildman–Crippen MR) is 59.4 cm³/mol. The monoisotopic (exact) mass is 349 g/mol. The molecule has 0 aromatic rings. The van der Waals surface area contributed by atoms with Gasteiger partial charge in [0.05, 0.1) is 0 Å². The Morgan fingerprint density at radius 3 is 1.15 bits per heavy atom. The van der Waals surface area contributed by atoms with E-state index in [9.17, 15) is 0 Å². The van der Waals surface area contributed by atoms with Crippen molar-refractivity contribution in [3.05, 3.63) is 0 Å². The van der Waals surface area contributed by atoms with Gasteiger partial charge in [-0.05, 0) is 0 Å². The summed E-state index contributed by atoms with van der Waals surface area (Å²) in [6.07, 6.45) is 0. The fraction of sp³-hybridized carbons (Fsp3) is 0. The zero-order valence-corrected chi connectivity index (χ0v) is 11.1. The molecule has 0 radical (unpaired) electrons. The van der Waals surface area contributed by atoms with E-state index in [-0.39, 0.29) is 15.5 Å². The Morgan fingerprint density at radius 2 is 1.00 bits per heavy atom. The van der Waals surface area contributed by atoms with Crippen molar-refractivity contribution in [1.82, 2.24) is 0 Å². The van der Waals surface area contributed by atoms with E-state index in [1.807, 2.05) is 0 Å². The van der Waals surface area contributed by atoms with Crippen molar-refractivity contribution in [1.29, 1.82) is 0 Å². The van der Waals surface area contributed by atoms with Crippen molar-refractivity contribution >= 4 is 73.6 Å². The van der Waals surface area contributed by atoms with Crippen LogP contribution >= 0.6 is 36.7 Å². The van der Waals surface area contributed by atoms with E-state index in [0.29, 0.717) is 0 Å². The average molecular weight is 350 g/mol. The van der Waals surface area contributed by atoms with Gasteiger partial charge in [-0.3, -0.25) is 0 Å². The molecule has 0 spiro atoms. The second-order valence-electron chi connectivity index (χ2n) is 1.45. The predicted octanol–water partition coefficient (Wildman–Crippen LogP) is -1.25. The Morgan fingerprint density at radius 1 is 0.769 bits per heavy atom. The quantitative estimate of drug-likeness (QED) is 0.425. The molecule has 0 fully saturated rings. The minimum absolute atomic E-state index is 0.226. The summed E-state index contributed by atoms with van der Waals surface area (Å²) in [6, 6.07) is 0. The van der Waals surface area contributed by atoms with Crippen LogP contribution in [0, 0.1) is 0 Å². The molecule has 0 rings (SSSR count). The van der Waals surface area contributed by atoms with Gasteiger partial charge in [-0.2, -0.15) is 0 Å². The van der Waals surface area contributed by atoms with Gasteiger partial charge in [-0.25, -0.2) is 0 Å². The Bertz CT molecular complexity index is 199. The molecule has 0 saturated carbocycles. The molecular formula is C3H6N3O3S3Sb. The molecular weight excluding hydrogens is 344 g/mol. The molecule has 6 N–H and O–H groups in total. The molecule has 0 aliphatic rings. The van der Waals surface area contributed by atoms with E-state index in [4.69, 9.17) is 26.2 Å². The van der Waals surface area contributed by atoms with Crippen molar-refractivity contribution in [2.75, 3.05) is 0 Å². The molecule has 0 atom stereocenters. The number of hydrogen-bond acceptors (Lipinski definition) is 6. The first-order valence-electron chi connectivity index (χ1n) is 2.64. The Kier molecular flexibility index (Phi) is 6.30. The normalized spacial score (nSPS) is 9.00. The van der Waals surface area contributed by atoms with Crippen LogP contribution in [-0.2, 0) is 9.05 Å². The Labute approximate surface area is 99.3 Å². The first kappa shape index (κ1) is 12.9. The van der Waals surface area contributed by atoms with Crippen molar-refractivity contribution in [2.24, 2.45) is 17.2 Å². The summed E-state index contributed by atoms with van der Waals surface area (Å²) in [6.45, 7) is 0. The molecule has 13 heavy (non-hydrogen) atoms. The fourth-order valence-electron chi connectivity index (χ4n) is 0.276. The van der Waals surface area contributed by atoms with Crippen LogP contribution in [0.5, 0.6) is 0 Å². The van der Waals surface area contributed by atoms with Crippen molar-refractivity contribution in [3.8, 4) is 0 Å². The minimum atomic E-state index is -3.14. The zero-order chi connectivity index (χ0) is 10.4. The van der Waals surface area contributed by atoms with Crippen LogP contribution in [0.4, 0.5) is 0 Å². The second kappa shape index (κ2) is 6.36. The maximum absolute atomic E-state index is 5.07. The van der Waals surface area contributed by atoms with Gasteiger partial charge in [0.15, 0.2) is 0 Å². The molecule has 0 aromatic carbocycles. The van der Waals surface area contributed by atoms with Gasteiger partial charge >= 0.3 is 99.9 Å². The van der Waals surface area contributed by atoms with E-state index < -0.39 is 21.5 Å². The molecule has 0 aliphatic heterocycles. The Balaban J connectivity index is 4.10. The first-order chi connectivity index (χ1) is 5.91. The summed E-state index contributed by atoms with van der Waals surface area (Å²) in [5.41, 5.74) is 15.2. The SMILES string of the molecule is NC(=S)[O][Sb]([O]C(N)=S)[O]C(N)=S. The second-order valence-corrected chi connectivity index (χ2v) is 5.50. The first-order valence-corrected chi connectivity index (χ1v) is 6.99. The van der Waals surface area contributed by atoms with Crippen LogP contribution in [0.1, 0.15) is 0 Å². The number of rotatable bonds is 3. The van der Waals surface area contributed by atoms with Gasteiger partial charge in [-0.15, -0.1) is 0 Å². The summed E-state index contributed by atoms with van der Waals surface area (Å²) in [5.74, 6) is 0. The van der Waals surface area contributed by atoms with E-state index in [1.165, 1.54) is 0 Å². The van der Waals surface area contributed by atoms with Gasteiger partial charge in [0.1, 0.15) is 0 Å². The standard InChI is InChI=1S/3CH3NOS.Sb/c3*2-1(3)4;/h3*(H3,2,3,4);/q;;;+3/p-3. The van der Waals surface area contributed by atoms with Crippen molar-refractivity contribution in [2.45, 2.75) is 0 Å². The molecule has 0 aliphatic carbocycles. The molecule has 0 saturated heterocycles. The van der Waals surface area contributed by atoms with Gasteiger partial charge in [0.2, 0.25) is 0 Å². The fourth-order valence-corrected chi connectivity index (χ4v) is 3.08. The molecule has 0 aromatic heterocycles. The molecule has 0 heterocycles. The van der Waals surface area contributed by atoms with E-state index >= 15 is 0 Å². The van der Waals surface area contributed by atoms with Gasteiger partial charge in [0, 0.05) is 0 Å². The Hall–Kier alpha value is -0.112. The van der Waals surface area contributed by atoms with E-state index in [2.05, 4.69) is 36.7 Å². The number of hydrogen-bond donors (Lipinski definition) is 3. The van der Waals surface area contributed by atoms with Crippen molar-refractivity contribution < 1.29 is 9.05 Å². The maximum atomic E-state index is 5.07. The van der Waals surface area contributed by atoms with Crippen LogP contribution in [0.2, 0.25) is 0 Å². The molecule has 6 nitrogen and oxygen atoms in total. The summed E-state index contributed by atoms with van der Waals surface area (Å²) in [5, 5.41) is -0.679. The van der Waals surface area contributed by atoms with Crippen LogP contribution in [-0.4, -0.2) is 37.0 Å². The van der Waals surface area contributed by atoms with Gasteiger partial charge in [-0.1, -0.05) is 0 Å². The molecule has 74 valence electrons. The summed E-state index contributed by atoms with van der Waals surface area (Å²) >= 11 is 10.2. The topological polar surface area (TPSA) is 106 Å². The number of thiocarbonyl (C=S) groups is 3. The molecule has 10 heteroatoms. The summed E-state index contributed by atoms with van der Waals surface area (Å²) in [7, 11) is 0. The van der Waals surface area contributed by atoms with Crippen LogP contribution in [0.25, 0.3) is 0 Å². The van der Waals surface area contributed by atoms with Crippen LogP contribution in [0.3, 0.4) is 0 Å². The molecule has 0 unspecified atom stereocenters. The van der Waals surface area contributed by atoms with Crippen LogP contribution < -0.4 is 17.2 Å². The summed E-state index contributed by atoms with van der Waals surface area (Å²) in [4.78, 5) is 0. The molecule has 0 amide bonds. The third-order valence-electron chi connectivity index (χ3n) is 0.494. The third kappa shape index (κ3) is 8.22. The van der Waals surface area contributed by atoms with Gasteiger partial charge < -0.3 is 0 Å². The number of nitrogens with two attached hydrogens (primary N) is 3. The third-order valence-corrected chi connectivity index (χ3v) is 4.81. The van der Waals surface area contributed by atoms with Crippen LogP contribution in [0.15, 0.2) is 0 Å². The van der Waals surface area contributed by atoms with Crippen molar-refractivity contribution in [3.63, 3.8) is 0 Å². The zero-order valence-electron chi connectivity index (χ0n) is 6.13. The van der Waals surface area contributed by atoms with E-state index in [0.717, 1.165) is 0 Å². The summed E-state index contributed by atoms with van der Waals surface area (Å²) < 4.78 is 14.4. The average Bonchev–Trinajstić information content (AvgIpc) is 1.80.